The average molecular weight is 191 g/mol. The summed E-state index contributed by atoms with van der Waals surface area (Å²) in [5.41, 5.74) is 8.14. The maximum Gasteiger partial charge on any atom is 0.303 e. The van der Waals surface area contributed by atoms with Crippen LogP contribution in [0.1, 0.15) is 35.9 Å². The highest BCUT2D eigenvalue weighted by atomic mass is 16.4. The van der Waals surface area contributed by atoms with Crippen LogP contribution in [-0.2, 0) is 4.79 Å². The molecular weight excluding hydrogens is 178 g/mol. The highest BCUT2D eigenvalue weighted by molar-refractivity contribution is 5.68. The number of carbonyl (C=O) groups is 1. The summed E-state index contributed by atoms with van der Waals surface area (Å²) in [6.07, 6.45) is 0.941. The van der Waals surface area contributed by atoms with Crippen LogP contribution in [0, 0.1) is 0 Å². The maximum atomic E-state index is 10.6. The third-order valence-corrected chi connectivity index (χ3v) is 2.79. The largest absolute Gasteiger partial charge is 0.481 e. The molecule has 0 aromatic heterocycles. The second-order valence-corrected chi connectivity index (χ2v) is 3.77. The Kier molecular flexibility index (Phi) is 2.25. The zero-order valence-corrected chi connectivity index (χ0v) is 7.81. The fourth-order valence-corrected chi connectivity index (χ4v) is 2.18. The number of carboxylic acids is 1. The Bertz CT molecular complexity index is 362. The van der Waals surface area contributed by atoms with Crippen LogP contribution in [0.15, 0.2) is 24.3 Å². The van der Waals surface area contributed by atoms with Gasteiger partial charge in [-0.2, -0.15) is 0 Å². The Morgan fingerprint density at radius 2 is 2.07 bits per heavy atom. The first-order valence-corrected chi connectivity index (χ1v) is 4.74. The highest BCUT2D eigenvalue weighted by Gasteiger charge is 2.29. The fraction of sp³-hybridized carbons (Fsp3) is 0.364. The normalized spacial score (nSPS) is 24.6. The summed E-state index contributed by atoms with van der Waals surface area (Å²) in [6, 6.07) is 7.86. The van der Waals surface area contributed by atoms with Crippen molar-refractivity contribution >= 4 is 5.97 Å². The quantitative estimate of drug-likeness (QED) is 0.747. The van der Waals surface area contributed by atoms with Crippen LogP contribution in [0.5, 0.6) is 0 Å². The minimum Gasteiger partial charge on any atom is -0.481 e. The van der Waals surface area contributed by atoms with Gasteiger partial charge < -0.3 is 10.8 Å². The van der Waals surface area contributed by atoms with Gasteiger partial charge in [-0.05, 0) is 23.5 Å². The van der Waals surface area contributed by atoms with Crippen LogP contribution in [0.3, 0.4) is 0 Å². The molecular formula is C11H13NO2. The number of fused-ring (bicyclic) bond motifs is 1. The molecule has 0 spiro atoms. The Morgan fingerprint density at radius 3 is 2.71 bits per heavy atom. The molecule has 0 bridgehead atoms. The SMILES string of the molecule is NC1CC(CC(=O)O)c2ccccc21. The fourth-order valence-electron chi connectivity index (χ4n) is 2.18. The first-order chi connectivity index (χ1) is 6.68. The number of aliphatic carboxylic acids is 1. The molecule has 1 aromatic rings. The van der Waals surface area contributed by atoms with E-state index < -0.39 is 5.97 Å². The molecule has 14 heavy (non-hydrogen) atoms. The second-order valence-electron chi connectivity index (χ2n) is 3.77. The number of nitrogens with two attached hydrogens (primary N) is 1. The molecule has 0 saturated carbocycles. The summed E-state index contributed by atoms with van der Waals surface area (Å²) in [4.78, 5) is 10.6. The van der Waals surface area contributed by atoms with Gasteiger partial charge in [0.1, 0.15) is 0 Å². The van der Waals surface area contributed by atoms with E-state index in [1.807, 2.05) is 24.3 Å². The van der Waals surface area contributed by atoms with Crippen molar-refractivity contribution in [3.8, 4) is 0 Å². The van der Waals surface area contributed by atoms with Gasteiger partial charge in [0.05, 0.1) is 6.42 Å². The molecule has 2 atom stereocenters. The van der Waals surface area contributed by atoms with Crippen LogP contribution in [-0.4, -0.2) is 11.1 Å². The van der Waals surface area contributed by atoms with Gasteiger partial charge in [0.2, 0.25) is 0 Å². The van der Waals surface area contributed by atoms with Crippen LogP contribution < -0.4 is 5.73 Å². The minimum absolute atomic E-state index is 0.00977. The van der Waals surface area contributed by atoms with E-state index >= 15 is 0 Å². The lowest BCUT2D eigenvalue weighted by Gasteiger charge is -2.06. The van der Waals surface area contributed by atoms with Gasteiger partial charge in [0.15, 0.2) is 0 Å². The summed E-state index contributed by atoms with van der Waals surface area (Å²) in [6.45, 7) is 0. The van der Waals surface area contributed by atoms with Crippen molar-refractivity contribution in [2.75, 3.05) is 0 Å². The first kappa shape index (κ1) is 9.21. The maximum absolute atomic E-state index is 10.6. The Labute approximate surface area is 82.5 Å². The van der Waals surface area contributed by atoms with Gasteiger partial charge in [-0.25, -0.2) is 0 Å². The van der Waals surface area contributed by atoms with E-state index in [0.717, 1.165) is 17.5 Å². The molecule has 1 aliphatic rings. The molecule has 0 radical (unpaired) electrons. The zero-order chi connectivity index (χ0) is 10.1. The van der Waals surface area contributed by atoms with E-state index in [2.05, 4.69) is 0 Å². The Balaban J connectivity index is 2.29. The number of hydrogen-bond donors (Lipinski definition) is 2. The van der Waals surface area contributed by atoms with Crippen LogP contribution >= 0.6 is 0 Å². The summed E-state index contributed by atoms with van der Waals surface area (Å²) in [5, 5.41) is 8.74. The van der Waals surface area contributed by atoms with Crippen molar-refractivity contribution in [1.82, 2.24) is 0 Å². The monoisotopic (exact) mass is 191 g/mol. The van der Waals surface area contributed by atoms with Crippen molar-refractivity contribution in [1.29, 1.82) is 0 Å². The smallest absolute Gasteiger partial charge is 0.303 e. The number of rotatable bonds is 2. The van der Waals surface area contributed by atoms with E-state index in [-0.39, 0.29) is 18.4 Å². The number of carboxylic acid groups (broad SMARTS) is 1. The topological polar surface area (TPSA) is 63.3 Å². The summed E-state index contributed by atoms with van der Waals surface area (Å²) in [7, 11) is 0. The Hall–Kier alpha value is -1.35. The summed E-state index contributed by atoms with van der Waals surface area (Å²) in [5.74, 6) is -0.655. The lowest BCUT2D eigenvalue weighted by atomic mass is 9.98. The number of hydrogen-bond acceptors (Lipinski definition) is 2. The van der Waals surface area contributed by atoms with E-state index in [9.17, 15) is 4.79 Å². The lowest BCUT2D eigenvalue weighted by Crippen LogP contribution is -2.07. The van der Waals surface area contributed by atoms with Crippen molar-refractivity contribution in [2.24, 2.45) is 5.73 Å². The predicted octanol–water partition coefficient (Wildman–Crippen LogP) is 1.65. The average Bonchev–Trinajstić information content (AvgIpc) is 2.44. The van der Waals surface area contributed by atoms with Gasteiger partial charge in [-0.1, -0.05) is 24.3 Å². The third kappa shape index (κ3) is 1.51. The summed E-state index contributed by atoms with van der Waals surface area (Å²) >= 11 is 0. The van der Waals surface area contributed by atoms with Gasteiger partial charge in [-0.15, -0.1) is 0 Å². The third-order valence-electron chi connectivity index (χ3n) is 2.79. The van der Waals surface area contributed by atoms with Gasteiger partial charge >= 0.3 is 5.97 Å². The molecule has 2 rings (SSSR count). The van der Waals surface area contributed by atoms with Crippen molar-refractivity contribution < 1.29 is 9.90 Å². The molecule has 3 nitrogen and oxygen atoms in total. The summed E-state index contributed by atoms with van der Waals surface area (Å²) < 4.78 is 0. The molecule has 0 saturated heterocycles. The van der Waals surface area contributed by atoms with Crippen molar-refractivity contribution in [2.45, 2.75) is 24.8 Å². The van der Waals surface area contributed by atoms with Crippen LogP contribution in [0.25, 0.3) is 0 Å². The number of benzene rings is 1. The van der Waals surface area contributed by atoms with Gasteiger partial charge in [0, 0.05) is 6.04 Å². The van der Waals surface area contributed by atoms with Crippen molar-refractivity contribution in [3.05, 3.63) is 35.4 Å². The molecule has 0 amide bonds. The van der Waals surface area contributed by atoms with E-state index in [0.29, 0.717) is 0 Å². The van der Waals surface area contributed by atoms with E-state index in [1.165, 1.54) is 0 Å². The van der Waals surface area contributed by atoms with Crippen LogP contribution in [0.2, 0.25) is 0 Å². The van der Waals surface area contributed by atoms with E-state index in [1.54, 1.807) is 0 Å². The highest BCUT2D eigenvalue weighted by Crippen LogP contribution is 2.40. The van der Waals surface area contributed by atoms with Crippen molar-refractivity contribution in [3.63, 3.8) is 0 Å². The molecule has 74 valence electrons. The predicted molar refractivity (Wildman–Crippen MR) is 53.0 cm³/mol. The Morgan fingerprint density at radius 1 is 1.43 bits per heavy atom. The molecule has 2 unspecified atom stereocenters. The first-order valence-electron chi connectivity index (χ1n) is 4.74. The zero-order valence-electron chi connectivity index (χ0n) is 7.81. The van der Waals surface area contributed by atoms with E-state index in [4.69, 9.17) is 10.8 Å². The molecule has 0 fully saturated rings. The molecule has 1 aromatic carbocycles. The minimum atomic E-state index is -0.751. The lowest BCUT2D eigenvalue weighted by molar-refractivity contribution is -0.137. The molecule has 1 aliphatic carbocycles. The molecule has 3 heteroatoms. The van der Waals surface area contributed by atoms with Gasteiger partial charge in [0.25, 0.3) is 0 Å². The second kappa shape index (κ2) is 3.42. The standard InChI is InChI=1S/C11H13NO2/c12-10-5-7(6-11(13)14)8-3-1-2-4-9(8)10/h1-4,7,10H,5-6,12H2,(H,13,14). The molecule has 0 aliphatic heterocycles. The molecule has 0 heterocycles. The van der Waals surface area contributed by atoms with Crippen LogP contribution in [0.4, 0.5) is 0 Å². The van der Waals surface area contributed by atoms with Gasteiger partial charge in [-0.3, -0.25) is 4.79 Å². The molecule has 3 N–H and O–H groups in total.